The van der Waals surface area contributed by atoms with E-state index in [0.29, 0.717) is 5.69 Å². The number of amides is 2. The van der Waals surface area contributed by atoms with Gasteiger partial charge in [-0.15, -0.1) is 11.8 Å². The average molecular weight is 377 g/mol. The molecule has 0 fully saturated rings. The van der Waals surface area contributed by atoms with Crippen LogP contribution in [0.4, 0.5) is 11.4 Å². The number of hydrogen-bond donors (Lipinski definition) is 2. The highest BCUT2D eigenvalue weighted by molar-refractivity contribution is 9.10. The molecule has 6 heteroatoms. The summed E-state index contributed by atoms with van der Waals surface area (Å²) in [7, 11) is 0. The molecule has 112 valence electrons. The van der Waals surface area contributed by atoms with Crippen LogP contribution in [0.2, 0.25) is 0 Å². The maximum atomic E-state index is 12.1. The second-order valence-corrected chi connectivity index (χ2v) is 7.01. The lowest BCUT2D eigenvalue weighted by Gasteiger charge is -2.23. The molecule has 2 aromatic carbocycles. The van der Waals surface area contributed by atoms with Gasteiger partial charge in [-0.25, -0.2) is 0 Å². The Bertz CT molecular complexity index is 736. The van der Waals surface area contributed by atoms with Crippen LogP contribution < -0.4 is 10.6 Å². The highest BCUT2D eigenvalue weighted by Gasteiger charge is 2.28. The van der Waals surface area contributed by atoms with Gasteiger partial charge in [0, 0.05) is 21.5 Å². The molecule has 1 atom stereocenters. The summed E-state index contributed by atoms with van der Waals surface area (Å²) in [6, 6.07) is 15.0. The molecule has 0 radical (unpaired) electrons. The second kappa shape index (κ2) is 6.54. The van der Waals surface area contributed by atoms with Crippen molar-refractivity contribution in [3.63, 3.8) is 0 Å². The minimum absolute atomic E-state index is 0.131. The van der Waals surface area contributed by atoms with E-state index in [9.17, 15) is 9.59 Å². The van der Waals surface area contributed by atoms with E-state index in [4.69, 9.17) is 0 Å². The van der Waals surface area contributed by atoms with E-state index in [1.54, 1.807) is 0 Å². The summed E-state index contributed by atoms with van der Waals surface area (Å²) in [5.74, 6) is -0.307. The van der Waals surface area contributed by atoms with Crippen LogP contribution in [0.15, 0.2) is 57.9 Å². The zero-order chi connectivity index (χ0) is 15.5. The third-order valence-corrected chi connectivity index (χ3v) is 4.95. The fourth-order valence-electron chi connectivity index (χ4n) is 2.17. The number of benzene rings is 2. The van der Waals surface area contributed by atoms with Crippen LogP contribution in [-0.4, -0.2) is 17.1 Å². The second-order valence-electron chi connectivity index (χ2n) is 4.85. The number of carbonyl (C=O) groups is 2. The molecule has 0 bridgehead atoms. The average Bonchev–Trinajstić information content (AvgIpc) is 2.48. The van der Waals surface area contributed by atoms with Crippen molar-refractivity contribution in [1.82, 2.24) is 0 Å². The van der Waals surface area contributed by atoms with Crippen LogP contribution in [-0.2, 0) is 9.59 Å². The molecule has 22 heavy (non-hydrogen) atoms. The molecule has 3 rings (SSSR count). The van der Waals surface area contributed by atoms with Crippen molar-refractivity contribution >= 4 is 50.9 Å². The number of fused-ring (bicyclic) bond motifs is 1. The monoisotopic (exact) mass is 376 g/mol. The van der Waals surface area contributed by atoms with Gasteiger partial charge in [-0.3, -0.25) is 9.59 Å². The van der Waals surface area contributed by atoms with Crippen molar-refractivity contribution in [2.75, 3.05) is 10.6 Å². The summed E-state index contributed by atoms with van der Waals surface area (Å²) < 4.78 is 0.893. The number of halogens is 1. The van der Waals surface area contributed by atoms with Crippen LogP contribution in [0.3, 0.4) is 0 Å². The highest BCUT2D eigenvalue weighted by atomic mass is 79.9. The lowest BCUT2D eigenvalue weighted by molar-refractivity contribution is -0.120. The summed E-state index contributed by atoms with van der Waals surface area (Å²) >= 11 is 4.78. The molecule has 0 aromatic heterocycles. The Hall–Kier alpha value is -1.79. The highest BCUT2D eigenvalue weighted by Crippen LogP contribution is 2.36. The first-order chi connectivity index (χ1) is 10.6. The molecule has 1 heterocycles. The number of nitrogens with one attached hydrogen (secondary N) is 2. The molecule has 0 saturated heterocycles. The van der Waals surface area contributed by atoms with Crippen molar-refractivity contribution in [2.45, 2.75) is 16.6 Å². The zero-order valence-corrected chi connectivity index (χ0v) is 13.9. The first kappa shape index (κ1) is 15.1. The fourth-order valence-corrected chi connectivity index (χ4v) is 3.68. The normalized spacial score (nSPS) is 16.6. The smallest absolute Gasteiger partial charge is 0.238 e. The minimum atomic E-state index is -0.415. The Morgan fingerprint density at radius 2 is 2.05 bits per heavy atom. The van der Waals surface area contributed by atoms with E-state index in [1.807, 2.05) is 48.5 Å². The van der Waals surface area contributed by atoms with E-state index in [2.05, 4.69) is 26.6 Å². The summed E-state index contributed by atoms with van der Waals surface area (Å²) in [5.41, 5.74) is 1.52. The van der Waals surface area contributed by atoms with Gasteiger partial charge in [0.05, 0.1) is 10.9 Å². The predicted octanol–water partition coefficient (Wildman–Crippen LogP) is 3.89. The summed E-state index contributed by atoms with van der Waals surface area (Å²) in [5, 5.41) is 5.24. The third-order valence-electron chi connectivity index (χ3n) is 3.19. The van der Waals surface area contributed by atoms with Crippen LogP contribution in [0.25, 0.3) is 0 Å². The van der Waals surface area contributed by atoms with E-state index in [1.165, 1.54) is 11.8 Å². The van der Waals surface area contributed by atoms with Crippen LogP contribution >= 0.6 is 27.7 Å². The summed E-state index contributed by atoms with van der Waals surface area (Å²) in [4.78, 5) is 25.2. The van der Waals surface area contributed by atoms with Gasteiger partial charge in [0.1, 0.15) is 0 Å². The Kier molecular flexibility index (Phi) is 4.49. The molecule has 4 nitrogen and oxygen atoms in total. The SMILES string of the molecule is O=C(C[C@@H]1Sc2ccccc2NC1=O)Nc1cccc(Br)c1. The first-order valence-electron chi connectivity index (χ1n) is 6.74. The number of thioether (sulfide) groups is 1. The quantitative estimate of drug-likeness (QED) is 0.853. The Labute approximate surface area is 140 Å². The standard InChI is InChI=1S/C16H13BrN2O2S/c17-10-4-3-5-11(8-10)18-15(20)9-14-16(21)19-12-6-1-2-7-13(12)22-14/h1-8,14H,9H2,(H,18,20)(H,19,21)/t14-/m0/s1. The molecule has 2 N–H and O–H groups in total. The number of rotatable bonds is 3. The minimum Gasteiger partial charge on any atom is -0.326 e. The fraction of sp³-hybridized carbons (Fsp3) is 0.125. The first-order valence-corrected chi connectivity index (χ1v) is 8.41. The molecular formula is C16H13BrN2O2S. The third kappa shape index (κ3) is 3.51. The van der Waals surface area contributed by atoms with Gasteiger partial charge < -0.3 is 10.6 Å². The number of para-hydroxylation sites is 1. The van der Waals surface area contributed by atoms with Crippen molar-refractivity contribution in [1.29, 1.82) is 0 Å². The predicted molar refractivity (Wildman–Crippen MR) is 92.1 cm³/mol. The molecule has 0 spiro atoms. The van der Waals surface area contributed by atoms with Crippen molar-refractivity contribution in [3.05, 3.63) is 53.0 Å². The van der Waals surface area contributed by atoms with Crippen molar-refractivity contribution < 1.29 is 9.59 Å². The van der Waals surface area contributed by atoms with Gasteiger partial charge in [0.25, 0.3) is 0 Å². The van der Waals surface area contributed by atoms with E-state index in [-0.39, 0.29) is 18.2 Å². The maximum Gasteiger partial charge on any atom is 0.238 e. The van der Waals surface area contributed by atoms with Gasteiger partial charge >= 0.3 is 0 Å². The van der Waals surface area contributed by atoms with Gasteiger partial charge in [-0.1, -0.05) is 34.1 Å². The van der Waals surface area contributed by atoms with Gasteiger partial charge in [0.15, 0.2) is 0 Å². The maximum absolute atomic E-state index is 12.1. The molecule has 0 saturated carbocycles. The lowest BCUT2D eigenvalue weighted by atomic mass is 10.2. The van der Waals surface area contributed by atoms with Crippen LogP contribution in [0, 0.1) is 0 Å². The van der Waals surface area contributed by atoms with Crippen LogP contribution in [0.5, 0.6) is 0 Å². The summed E-state index contributed by atoms with van der Waals surface area (Å²) in [6.45, 7) is 0. The molecule has 1 aliphatic heterocycles. The Morgan fingerprint density at radius 3 is 2.86 bits per heavy atom. The number of carbonyl (C=O) groups excluding carboxylic acids is 2. The largest absolute Gasteiger partial charge is 0.326 e. The molecule has 2 amide bonds. The van der Waals surface area contributed by atoms with Crippen molar-refractivity contribution in [3.8, 4) is 0 Å². The molecule has 1 aliphatic rings. The number of hydrogen-bond acceptors (Lipinski definition) is 3. The van der Waals surface area contributed by atoms with Gasteiger partial charge in [-0.05, 0) is 30.3 Å². The van der Waals surface area contributed by atoms with E-state index in [0.717, 1.165) is 15.1 Å². The Balaban J connectivity index is 1.66. The topological polar surface area (TPSA) is 58.2 Å². The van der Waals surface area contributed by atoms with Gasteiger partial charge in [-0.2, -0.15) is 0 Å². The molecular weight excluding hydrogens is 364 g/mol. The number of anilines is 2. The van der Waals surface area contributed by atoms with Gasteiger partial charge in [0.2, 0.25) is 11.8 Å². The van der Waals surface area contributed by atoms with Crippen molar-refractivity contribution in [2.24, 2.45) is 0 Å². The zero-order valence-electron chi connectivity index (χ0n) is 11.5. The van der Waals surface area contributed by atoms with Crippen LogP contribution in [0.1, 0.15) is 6.42 Å². The lowest BCUT2D eigenvalue weighted by Crippen LogP contribution is -2.32. The van der Waals surface area contributed by atoms with E-state index < -0.39 is 5.25 Å². The van der Waals surface area contributed by atoms with E-state index >= 15 is 0 Å². The molecule has 0 aliphatic carbocycles. The molecule has 0 unspecified atom stereocenters. The Morgan fingerprint density at radius 1 is 1.23 bits per heavy atom. The summed E-state index contributed by atoms with van der Waals surface area (Å²) in [6.07, 6.45) is 0.136. The molecule has 2 aromatic rings.